The topological polar surface area (TPSA) is 91.4 Å². The zero-order valence-electron chi connectivity index (χ0n) is 22.9. The van der Waals surface area contributed by atoms with Crippen molar-refractivity contribution in [1.82, 2.24) is 0 Å². The Labute approximate surface area is 241 Å². The monoisotopic (exact) mass is 578 g/mol. The predicted octanol–water partition coefficient (Wildman–Crippen LogP) is 6.75. The summed E-state index contributed by atoms with van der Waals surface area (Å²) in [5.74, 6) is -1.34. The minimum Gasteiger partial charge on any atom is -0.368 e. The van der Waals surface area contributed by atoms with Crippen LogP contribution in [-0.2, 0) is 16.1 Å². The van der Waals surface area contributed by atoms with Gasteiger partial charge in [-0.05, 0) is 77.9 Å². The number of hydrogen-bond acceptors (Lipinski definition) is 5. The lowest BCUT2D eigenvalue weighted by atomic mass is 9.99. The Kier molecular flexibility index (Phi) is 9.45. The number of rotatable bonds is 11. The minimum absolute atomic E-state index is 0.184. The van der Waals surface area contributed by atoms with Gasteiger partial charge in [-0.25, -0.2) is 4.39 Å². The maximum absolute atomic E-state index is 15.0. The second-order valence-corrected chi connectivity index (χ2v) is 10.1. The molecule has 6 nitrogen and oxygen atoms in total. The van der Waals surface area contributed by atoms with E-state index in [0.717, 1.165) is 24.5 Å². The average molecular weight is 579 g/mol. The molecule has 1 unspecified atom stereocenters. The summed E-state index contributed by atoms with van der Waals surface area (Å²) in [5.41, 5.74) is 6.61. The van der Waals surface area contributed by atoms with Gasteiger partial charge in [0.15, 0.2) is 0 Å². The number of likely N-dealkylation sites (N-methyl/N-ethyl adjacent to an activating group) is 1. The van der Waals surface area contributed by atoms with E-state index < -0.39 is 35.3 Å². The normalized spacial score (nSPS) is 14.2. The number of halogens is 4. The van der Waals surface area contributed by atoms with Gasteiger partial charge in [0.25, 0.3) is 5.91 Å². The molecule has 3 aromatic carbocycles. The number of hydrogen-bond donors (Lipinski definition) is 2. The van der Waals surface area contributed by atoms with Crippen molar-refractivity contribution in [1.29, 1.82) is 5.26 Å². The van der Waals surface area contributed by atoms with Crippen molar-refractivity contribution in [2.75, 3.05) is 23.9 Å². The van der Waals surface area contributed by atoms with Crippen LogP contribution in [0.4, 0.5) is 28.9 Å². The molecule has 218 valence electrons. The van der Waals surface area contributed by atoms with Crippen LogP contribution < -0.4 is 16.0 Å². The van der Waals surface area contributed by atoms with Gasteiger partial charge >= 0.3 is 6.18 Å². The van der Waals surface area contributed by atoms with Gasteiger partial charge < -0.3 is 20.7 Å². The van der Waals surface area contributed by atoms with E-state index in [1.54, 1.807) is 48.5 Å². The number of amides is 1. The molecule has 0 aliphatic heterocycles. The summed E-state index contributed by atoms with van der Waals surface area (Å²) in [6, 6.07) is 19.6. The van der Waals surface area contributed by atoms with Gasteiger partial charge in [0, 0.05) is 19.3 Å². The largest absolute Gasteiger partial charge is 0.415 e. The molecule has 3 N–H and O–H groups in total. The molecule has 1 saturated carbocycles. The number of nitrogens with one attached hydrogen (secondary N) is 1. The van der Waals surface area contributed by atoms with Crippen LogP contribution in [0.2, 0.25) is 0 Å². The average Bonchev–Trinajstić information content (AvgIpc) is 3.81. The Bertz CT molecular complexity index is 1520. The van der Waals surface area contributed by atoms with E-state index >= 15 is 4.39 Å². The van der Waals surface area contributed by atoms with E-state index in [0.29, 0.717) is 41.0 Å². The Morgan fingerprint density at radius 3 is 2.48 bits per heavy atom. The number of alkyl halides is 3. The second kappa shape index (κ2) is 13.0. The van der Waals surface area contributed by atoms with E-state index in [-0.39, 0.29) is 12.2 Å². The smallest absolute Gasteiger partial charge is 0.368 e. The van der Waals surface area contributed by atoms with Crippen molar-refractivity contribution in [2.24, 2.45) is 11.7 Å². The molecular formula is C32H30F4N4O2. The molecule has 1 amide bonds. The van der Waals surface area contributed by atoms with Gasteiger partial charge in [-0.15, -0.1) is 0 Å². The number of allylic oxidation sites excluding steroid dienone is 2. The molecule has 42 heavy (non-hydrogen) atoms. The first kappa shape index (κ1) is 30.5. The van der Waals surface area contributed by atoms with Crippen LogP contribution in [0.15, 0.2) is 90.7 Å². The van der Waals surface area contributed by atoms with Crippen molar-refractivity contribution >= 4 is 17.3 Å². The fourth-order valence-electron chi connectivity index (χ4n) is 4.21. The third-order valence-electron chi connectivity index (χ3n) is 6.88. The molecule has 10 heteroatoms. The van der Waals surface area contributed by atoms with Gasteiger partial charge in [-0.2, -0.15) is 18.4 Å². The van der Waals surface area contributed by atoms with Crippen LogP contribution in [0.3, 0.4) is 0 Å². The highest BCUT2D eigenvalue weighted by molar-refractivity contribution is 6.06. The third-order valence-corrected chi connectivity index (χ3v) is 6.88. The summed E-state index contributed by atoms with van der Waals surface area (Å²) < 4.78 is 61.5. The van der Waals surface area contributed by atoms with Gasteiger partial charge in [-0.1, -0.05) is 36.9 Å². The van der Waals surface area contributed by atoms with Crippen molar-refractivity contribution in [2.45, 2.75) is 31.7 Å². The van der Waals surface area contributed by atoms with E-state index in [1.165, 1.54) is 24.1 Å². The van der Waals surface area contributed by atoms with Gasteiger partial charge in [0.1, 0.15) is 17.6 Å². The van der Waals surface area contributed by atoms with Crippen molar-refractivity contribution in [3.8, 4) is 6.07 Å². The SMILES string of the molecule is C=C(/C=C(/C(=O)Nc1cc(C(OCC2CC2)c2ccc(C#N)cc2)ccc1F)N(C)c1cccc(CN)c1)C(F)(F)F. The van der Waals surface area contributed by atoms with Crippen LogP contribution in [0.5, 0.6) is 0 Å². The lowest BCUT2D eigenvalue weighted by Crippen LogP contribution is -2.29. The second-order valence-electron chi connectivity index (χ2n) is 10.1. The highest BCUT2D eigenvalue weighted by Gasteiger charge is 2.32. The molecule has 4 rings (SSSR count). The maximum atomic E-state index is 15.0. The summed E-state index contributed by atoms with van der Waals surface area (Å²) in [4.78, 5) is 14.7. The minimum atomic E-state index is -4.79. The molecule has 1 fully saturated rings. The molecular weight excluding hydrogens is 548 g/mol. The van der Waals surface area contributed by atoms with E-state index in [9.17, 15) is 18.0 Å². The number of anilines is 2. The number of carbonyl (C=O) groups excluding carboxylic acids is 1. The first-order chi connectivity index (χ1) is 20.0. The van der Waals surface area contributed by atoms with E-state index in [2.05, 4.69) is 18.0 Å². The number of nitriles is 1. The molecule has 3 aromatic rings. The summed E-state index contributed by atoms with van der Waals surface area (Å²) >= 11 is 0. The van der Waals surface area contributed by atoms with Crippen LogP contribution in [0.25, 0.3) is 0 Å². The van der Waals surface area contributed by atoms with Crippen molar-refractivity contribution in [3.63, 3.8) is 0 Å². The number of nitrogens with two attached hydrogens (primary N) is 1. The van der Waals surface area contributed by atoms with E-state index in [4.69, 9.17) is 15.7 Å². The first-order valence-electron chi connectivity index (χ1n) is 13.2. The molecule has 0 heterocycles. The van der Waals surface area contributed by atoms with Gasteiger partial charge in [0.05, 0.1) is 29.5 Å². The summed E-state index contributed by atoms with van der Waals surface area (Å²) in [7, 11) is 1.42. The van der Waals surface area contributed by atoms with Crippen molar-refractivity contribution in [3.05, 3.63) is 119 Å². The zero-order valence-corrected chi connectivity index (χ0v) is 22.9. The standard InChI is InChI=1S/C32H30F4N4O2/c1-20(32(34,35)36)14-29(40(2)26-5-3-4-23(15-26)18-38)31(41)39-28-16-25(12-13-27(28)33)30(42-19-22-6-7-22)24-10-8-21(17-37)9-11-24/h3-5,8-16,22,30H,1,6-7,18-19,38H2,2H3,(H,39,41)/b29-14-. The van der Waals surface area contributed by atoms with E-state index in [1.807, 2.05) is 0 Å². The summed E-state index contributed by atoms with van der Waals surface area (Å²) in [6.07, 6.45) is -2.71. The predicted molar refractivity (Wildman–Crippen MR) is 153 cm³/mol. The first-order valence-corrected chi connectivity index (χ1v) is 13.2. The molecule has 0 saturated heterocycles. The van der Waals surface area contributed by atoms with Crippen LogP contribution >= 0.6 is 0 Å². The molecule has 0 spiro atoms. The van der Waals surface area contributed by atoms with Crippen LogP contribution in [-0.4, -0.2) is 25.7 Å². The Morgan fingerprint density at radius 1 is 1.17 bits per heavy atom. The Hall–Kier alpha value is -4.46. The Morgan fingerprint density at radius 2 is 1.86 bits per heavy atom. The maximum Gasteiger partial charge on any atom is 0.415 e. The zero-order chi connectivity index (χ0) is 30.4. The fraction of sp³-hybridized carbons (Fsp3) is 0.250. The summed E-state index contributed by atoms with van der Waals surface area (Å²) in [6.45, 7) is 3.73. The molecule has 1 atom stereocenters. The molecule has 1 aliphatic carbocycles. The third kappa shape index (κ3) is 7.63. The quantitative estimate of drug-likeness (QED) is 0.149. The van der Waals surface area contributed by atoms with Crippen LogP contribution in [0.1, 0.15) is 41.2 Å². The Balaban J connectivity index is 1.68. The number of nitrogens with zero attached hydrogens (tertiary/aromatic N) is 2. The molecule has 0 bridgehead atoms. The lowest BCUT2D eigenvalue weighted by molar-refractivity contribution is -0.113. The van der Waals surface area contributed by atoms with Crippen LogP contribution in [0, 0.1) is 23.1 Å². The number of benzene rings is 3. The molecule has 0 aromatic heterocycles. The van der Waals surface area contributed by atoms with Crippen molar-refractivity contribution < 1.29 is 27.1 Å². The highest BCUT2D eigenvalue weighted by Crippen LogP contribution is 2.35. The van der Waals surface area contributed by atoms with Gasteiger partial charge in [0.2, 0.25) is 0 Å². The number of carbonyl (C=O) groups is 1. The molecule has 1 aliphatic rings. The number of ether oxygens (including phenoxy) is 1. The van der Waals surface area contributed by atoms with Gasteiger partial charge in [-0.3, -0.25) is 4.79 Å². The fourth-order valence-corrected chi connectivity index (χ4v) is 4.21. The highest BCUT2D eigenvalue weighted by atomic mass is 19.4. The summed E-state index contributed by atoms with van der Waals surface area (Å²) in [5, 5.41) is 11.6. The lowest BCUT2D eigenvalue weighted by Gasteiger charge is -2.24. The molecule has 0 radical (unpaired) electrons.